The van der Waals surface area contributed by atoms with Crippen molar-refractivity contribution in [3.8, 4) is 0 Å². The van der Waals surface area contributed by atoms with Gasteiger partial charge in [-0.05, 0) is 36.6 Å². The van der Waals surface area contributed by atoms with Gasteiger partial charge in [0.1, 0.15) is 0 Å². The molecule has 0 radical (unpaired) electrons. The molecule has 0 bridgehead atoms. The standard InChI is InChI=1S/C18H22ClN/c1-3-8-18(15-9-5-4-6-10-15)20-14(2)16-11-7-12-17(19)13-16/h4-7,9-14,18,20H,3,8H2,1-2H3. The van der Waals surface area contributed by atoms with Crippen LogP contribution in [0.3, 0.4) is 0 Å². The third-order valence-electron chi connectivity index (χ3n) is 3.58. The molecule has 0 aliphatic heterocycles. The number of hydrogen-bond acceptors (Lipinski definition) is 1. The lowest BCUT2D eigenvalue weighted by Gasteiger charge is -2.24. The molecule has 1 nitrogen and oxygen atoms in total. The van der Waals surface area contributed by atoms with E-state index in [9.17, 15) is 0 Å². The third kappa shape index (κ3) is 4.09. The molecule has 0 aromatic heterocycles. The first-order valence-corrected chi connectivity index (χ1v) is 7.65. The zero-order valence-electron chi connectivity index (χ0n) is 12.1. The molecule has 2 aromatic carbocycles. The van der Waals surface area contributed by atoms with Gasteiger partial charge in [0.05, 0.1) is 0 Å². The highest BCUT2D eigenvalue weighted by molar-refractivity contribution is 6.30. The van der Waals surface area contributed by atoms with Gasteiger partial charge < -0.3 is 5.32 Å². The Bertz CT molecular complexity index is 524. The Labute approximate surface area is 127 Å². The zero-order chi connectivity index (χ0) is 14.4. The smallest absolute Gasteiger partial charge is 0.0409 e. The Balaban J connectivity index is 2.12. The minimum atomic E-state index is 0.283. The van der Waals surface area contributed by atoms with Crippen LogP contribution in [-0.2, 0) is 0 Å². The molecule has 2 aromatic rings. The van der Waals surface area contributed by atoms with E-state index < -0.39 is 0 Å². The molecule has 0 spiro atoms. The van der Waals surface area contributed by atoms with Crippen molar-refractivity contribution in [2.45, 2.75) is 38.8 Å². The van der Waals surface area contributed by atoms with Crippen LogP contribution in [0.15, 0.2) is 54.6 Å². The van der Waals surface area contributed by atoms with Crippen molar-refractivity contribution in [1.82, 2.24) is 5.32 Å². The lowest BCUT2D eigenvalue weighted by atomic mass is 10.00. The second-order valence-corrected chi connectivity index (χ2v) is 5.63. The molecule has 0 amide bonds. The highest BCUT2D eigenvalue weighted by atomic mass is 35.5. The average molecular weight is 288 g/mol. The molecule has 0 saturated carbocycles. The maximum atomic E-state index is 6.08. The molecule has 0 fully saturated rings. The molecule has 2 atom stereocenters. The fraction of sp³-hybridized carbons (Fsp3) is 0.333. The van der Waals surface area contributed by atoms with Gasteiger partial charge in [-0.1, -0.05) is 67.4 Å². The maximum Gasteiger partial charge on any atom is 0.0409 e. The maximum absolute atomic E-state index is 6.08. The Morgan fingerprint density at radius 2 is 1.70 bits per heavy atom. The van der Waals surface area contributed by atoms with Gasteiger partial charge in [0.15, 0.2) is 0 Å². The van der Waals surface area contributed by atoms with Crippen LogP contribution in [0.1, 0.15) is 49.9 Å². The second kappa shape index (κ2) is 7.47. The lowest BCUT2D eigenvalue weighted by molar-refractivity contribution is 0.439. The first kappa shape index (κ1) is 15.1. The molecule has 0 heterocycles. The van der Waals surface area contributed by atoms with Crippen LogP contribution in [0, 0.1) is 0 Å². The summed E-state index contributed by atoms with van der Waals surface area (Å²) >= 11 is 6.08. The van der Waals surface area contributed by atoms with Gasteiger partial charge in [-0.15, -0.1) is 0 Å². The van der Waals surface area contributed by atoms with Gasteiger partial charge in [-0.25, -0.2) is 0 Å². The summed E-state index contributed by atoms with van der Waals surface area (Å²) in [6.07, 6.45) is 2.30. The van der Waals surface area contributed by atoms with Crippen molar-refractivity contribution >= 4 is 11.6 Å². The summed E-state index contributed by atoms with van der Waals surface area (Å²) in [5.74, 6) is 0. The molecule has 0 aliphatic rings. The van der Waals surface area contributed by atoms with E-state index in [0.717, 1.165) is 17.9 Å². The number of halogens is 1. The summed E-state index contributed by atoms with van der Waals surface area (Å²) in [6, 6.07) is 19.4. The van der Waals surface area contributed by atoms with Gasteiger partial charge in [0.25, 0.3) is 0 Å². The molecule has 0 aliphatic carbocycles. The van der Waals surface area contributed by atoms with Crippen molar-refractivity contribution in [2.75, 3.05) is 0 Å². The van der Waals surface area contributed by atoms with Crippen molar-refractivity contribution in [3.63, 3.8) is 0 Å². The molecule has 0 saturated heterocycles. The monoisotopic (exact) mass is 287 g/mol. The summed E-state index contributed by atoms with van der Waals surface area (Å²) in [7, 11) is 0. The Morgan fingerprint density at radius 1 is 1.00 bits per heavy atom. The van der Waals surface area contributed by atoms with Gasteiger partial charge in [0, 0.05) is 17.1 Å². The van der Waals surface area contributed by atoms with Crippen LogP contribution < -0.4 is 5.32 Å². The van der Waals surface area contributed by atoms with E-state index in [1.165, 1.54) is 11.1 Å². The molecular formula is C18H22ClN. The predicted molar refractivity (Wildman–Crippen MR) is 87.1 cm³/mol. The van der Waals surface area contributed by atoms with E-state index in [1.54, 1.807) is 0 Å². The van der Waals surface area contributed by atoms with Crippen LogP contribution >= 0.6 is 11.6 Å². The fourth-order valence-electron chi connectivity index (χ4n) is 2.49. The van der Waals surface area contributed by atoms with Crippen LogP contribution in [0.4, 0.5) is 0 Å². The SMILES string of the molecule is CCCC(NC(C)c1cccc(Cl)c1)c1ccccc1. The van der Waals surface area contributed by atoms with Crippen LogP contribution in [0.2, 0.25) is 5.02 Å². The van der Waals surface area contributed by atoms with Gasteiger partial charge in [0.2, 0.25) is 0 Å². The van der Waals surface area contributed by atoms with E-state index >= 15 is 0 Å². The van der Waals surface area contributed by atoms with Crippen molar-refractivity contribution in [2.24, 2.45) is 0 Å². The summed E-state index contributed by atoms with van der Waals surface area (Å²) < 4.78 is 0. The minimum absolute atomic E-state index is 0.283. The number of benzene rings is 2. The van der Waals surface area contributed by atoms with E-state index in [4.69, 9.17) is 11.6 Å². The third-order valence-corrected chi connectivity index (χ3v) is 3.81. The van der Waals surface area contributed by atoms with Crippen molar-refractivity contribution in [1.29, 1.82) is 0 Å². The van der Waals surface area contributed by atoms with E-state index in [-0.39, 0.29) is 6.04 Å². The van der Waals surface area contributed by atoms with Gasteiger partial charge in [-0.3, -0.25) is 0 Å². The van der Waals surface area contributed by atoms with Crippen molar-refractivity contribution in [3.05, 3.63) is 70.7 Å². The number of rotatable bonds is 6. The Kier molecular flexibility index (Phi) is 5.63. The summed E-state index contributed by atoms with van der Waals surface area (Å²) in [4.78, 5) is 0. The minimum Gasteiger partial charge on any atom is -0.303 e. The predicted octanol–water partition coefficient (Wildman–Crippen LogP) is 5.53. The summed E-state index contributed by atoms with van der Waals surface area (Å²) in [5, 5.41) is 4.51. The van der Waals surface area contributed by atoms with Crippen LogP contribution in [-0.4, -0.2) is 0 Å². The van der Waals surface area contributed by atoms with Crippen LogP contribution in [0.25, 0.3) is 0 Å². The Hall–Kier alpha value is -1.31. The molecule has 1 N–H and O–H groups in total. The quantitative estimate of drug-likeness (QED) is 0.736. The molecule has 106 valence electrons. The summed E-state index contributed by atoms with van der Waals surface area (Å²) in [6.45, 7) is 4.42. The van der Waals surface area contributed by atoms with Gasteiger partial charge >= 0.3 is 0 Å². The number of hydrogen-bond donors (Lipinski definition) is 1. The van der Waals surface area contributed by atoms with E-state index in [0.29, 0.717) is 6.04 Å². The average Bonchev–Trinajstić information content (AvgIpc) is 2.47. The molecule has 2 rings (SSSR count). The highest BCUT2D eigenvalue weighted by Gasteiger charge is 2.14. The normalized spacial score (nSPS) is 13.9. The zero-order valence-corrected chi connectivity index (χ0v) is 12.9. The van der Waals surface area contributed by atoms with Gasteiger partial charge in [-0.2, -0.15) is 0 Å². The molecule has 2 unspecified atom stereocenters. The largest absolute Gasteiger partial charge is 0.303 e. The van der Waals surface area contributed by atoms with E-state index in [2.05, 4.69) is 55.6 Å². The first-order chi connectivity index (χ1) is 9.70. The molecule has 2 heteroatoms. The topological polar surface area (TPSA) is 12.0 Å². The lowest BCUT2D eigenvalue weighted by Crippen LogP contribution is -2.24. The van der Waals surface area contributed by atoms with Crippen molar-refractivity contribution < 1.29 is 0 Å². The highest BCUT2D eigenvalue weighted by Crippen LogP contribution is 2.24. The Morgan fingerprint density at radius 3 is 2.35 bits per heavy atom. The van der Waals surface area contributed by atoms with E-state index in [1.807, 2.05) is 18.2 Å². The fourth-order valence-corrected chi connectivity index (χ4v) is 2.69. The molecular weight excluding hydrogens is 266 g/mol. The first-order valence-electron chi connectivity index (χ1n) is 7.27. The van der Waals surface area contributed by atoms with Crippen LogP contribution in [0.5, 0.6) is 0 Å². The number of nitrogens with one attached hydrogen (secondary N) is 1. The molecule has 20 heavy (non-hydrogen) atoms. The summed E-state index contributed by atoms with van der Waals surface area (Å²) in [5.41, 5.74) is 2.58. The second-order valence-electron chi connectivity index (χ2n) is 5.20.